The largest absolute Gasteiger partial charge is 0.458 e. The van der Waals surface area contributed by atoms with Crippen molar-refractivity contribution >= 4 is 5.97 Å². The van der Waals surface area contributed by atoms with Crippen LogP contribution in [0.15, 0.2) is 0 Å². The van der Waals surface area contributed by atoms with Crippen molar-refractivity contribution in [1.29, 1.82) is 0 Å². The lowest BCUT2D eigenvalue weighted by atomic mass is 9.84. The van der Waals surface area contributed by atoms with Crippen molar-refractivity contribution in [3.05, 3.63) is 0 Å². The van der Waals surface area contributed by atoms with E-state index in [2.05, 4.69) is 5.32 Å². The van der Waals surface area contributed by atoms with E-state index in [1.807, 2.05) is 20.8 Å². The molecule has 1 N–H and O–H groups in total. The number of fused-ring (bicyclic) bond motifs is 1. The number of hydrogen-bond donors (Lipinski definition) is 1. The van der Waals surface area contributed by atoms with Crippen LogP contribution in [0.3, 0.4) is 0 Å². The first kappa shape index (κ1) is 11.9. The fourth-order valence-electron chi connectivity index (χ4n) is 2.49. The van der Waals surface area contributed by atoms with Crippen LogP contribution in [0, 0.1) is 5.92 Å². The molecule has 0 aromatic heterocycles. The molecule has 2 rings (SSSR count). The van der Waals surface area contributed by atoms with Gasteiger partial charge < -0.3 is 14.8 Å². The van der Waals surface area contributed by atoms with Crippen molar-refractivity contribution in [1.82, 2.24) is 5.32 Å². The van der Waals surface area contributed by atoms with Gasteiger partial charge >= 0.3 is 5.97 Å². The third-order valence-electron chi connectivity index (χ3n) is 3.24. The lowest BCUT2D eigenvalue weighted by molar-refractivity contribution is -0.192. The van der Waals surface area contributed by atoms with Gasteiger partial charge in [0.1, 0.15) is 5.60 Å². The molecular formula is C12H21NO3. The van der Waals surface area contributed by atoms with Gasteiger partial charge in [-0.2, -0.15) is 0 Å². The van der Waals surface area contributed by atoms with E-state index in [-0.39, 0.29) is 11.9 Å². The molecule has 0 radical (unpaired) electrons. The zero-order chi connectivity index (χ0) is 11.8. The Kier molecular flexibility index (Phi) is 2.97. The summed E-state index contributed by atoms with van der Waals surface area (Å²) in [4.78, 5) is 12.2. The predicted molar refractivity (Wildman–Crippen MR) is 60.1 cm³/mol. The molecule has 2 atom stereocenters. The van der Waals surface area contributed by atoms with E-state index in [0.717, 1.165) is 19.4 Å². The van der Waals surface area contributed by atoms with Gasteiger partial charge in [0.15, 0.2) is 5.60 Å². The highest BCUT2D eigenvalue weighted by Gasteiger charge is 2.53. The maximum Gasteiger partial charge on any atom is 0.340 e. The molecule has 0 aromatic carbocycles. The van der Waals surface area contributed by atoms with Crippen molar-refractivity contribution in [2.75, 3.05) is 19.7 Å². The van der Waals surface area contributed by atoms with E-state index >= 15 is 0 Å². The molecule has 0 spiro atoms. The van der Waals surface area contributed by atoms with Crippen molar-refractivity contribution in [2.45, 2.75) is 44.8 Å². The minimum absolute atomic E-state index is 0.199. The minimum Gasteiger partial charge on any atom is -0.458 e. The Morgan fingerprint density at radius 2 is 2.25 bits per heavy atom. The van der Waals surface area contributed by atoms with Gasteiger partial charge in [-0.05, 0) is 33.6 Å². The fourth-order valence-corrected chi connectivity index (χ4v) is 2.49. The van der Waals surface area contributed by atoms with Gasteiger partial charge in [0, 0.05) is 25.6 Å². The standard InChI is InChI=1S/C12H21NO3/c1-11(2,3)16-10(14)12-8-13-7-9(12)5-4-6-15-12/h9,13H,4-8H2,1-3H3/t9-,12+/m1/s1. The minimum atomic E-state index is -0.717. The maximum absolute atomic E-state index is 12.2. The molecule has 4 nitrogen and oxygen atoms in total. The number of esters is 1. The molecule has 0 amide bonds. The molecule has 0 bridgehead atoms. The summed E-state index contributed by atoms with van der Waals surface area (Å²) < 4.78 is 11.2. The maximum atomic E-state index is 12.2. The average Bonchev–Trinajstić information content (AvgIpc) is 2.59. The number of carbonyl (C=O) groups excluding carboxylic acids is 1. The Labute approximate surface area is 96.7 Å². The summed E-state index contributed by atoms with van der Waals surface area (Å²) in [5.74, 6) is 0.0748. The average molecular weight is 227 g/mol. The number of nitrogens with one attached hydrogen (secondary N) is 1. The van der Waals surface area contributed by atoms with E-state index in [0.29, 0.717) is 13.2 Å². The number of hydrogen-bond acceptors (Lipinski definition) is 4. The van der Waals surface area contributed by atoms with Crippen LogP contribution < -0.4 is 5.32 Å². The van der Waals surface area contributed by atoms with Crippen molar-refractivity contribution in [3.8, 4) is 0 Å². The van der Waals surface area contributed by atoms with Crippen molar-refractivity contribution in [2.24, 2.45) is 5.92 Å². The van der Waals surface area contributed by atoms with Crippen LogP contribution in [0.2, 0.25) is 0 Å². The molecule has 16 heavy (non-hydrogen) atoms. The summed E-state index contributed by atoms with van der Waals surface area (Å²) in [6.07, 6.45) is 2.09. The lowest BCUT2D eigenvalue weighted by Gasteiger charge is -2.38. The van der Waals surface area contributed by atoms with Crippen molar-refractivity contribution in [3.63, 3.8) is 0 Å². The molecular weight excluding hydrogens is 206 g/mol. The summed E-state index contributed by atoms with van der Waals surface area (Å²) >= 11 is 0. The smallest absolute Gasteiger partial charge is 0.340 e. The summed E-state index contributed by atoms with van der Waals surface area (Å²) in [5.41, 5.74) is -1.16. The van der Waals surface area contributed by atoms with E-state index in [9.17, 15) is 4.79 Å². The Bertz CT molecular complexity index is 284. The number of carbonyl (C=O) groups is 1. The molecule has 0 aliphatic carbocycles. The summed E-state index contributed by atoms with van der Waals surface area (Å²) in [6.45, 7) is 7.79. The van der Waals surface area contributed by atoms with Gasteiger partial charge in [-0.15, -0.1) is 0 Å². The molecule has 2 aliphatic rings. The third-order valence-corrected chi connectivity index (χ3v) is 3.24. The summed E-state index contributed by atoms with van der Waals surface area (Å²) in [7, 11) is 0. The van der Waals surface area contributed by atoms with Gasteiger partial charge in [-0.1, -0.05) is 0 Å². The van der Waals surface area contributed by atoms with E-state index in [1.54, 1.807) is 0 Å². The fraction of sp³-hybridized carbons (Fsp3) is 0.917. The second-order valence-corrected chi connectivity index (χ2v) is 5.71. The second kappa shape index (κ2) is 4.00. The highest BCUT2D eigenvalue weighted by atomic mass is 16.6. The summed E-state index contributed by atoms with van der Waals surface area (Å²) in [6, 6.07) is 0. The van der Waals surface area contributed by atoms with Gasteiger partial charge in [0.2, 0.25) is 0 Å². The van der Waals surface area contributed by atoms with E-state index in [1.165, 1.54) is 0 Å². The monoisotopic (exact) mass is 227 g/mol. The van der Waals surface area contributed by atoms with Crippen LogP contribution in [-0.2, 0) is 14.3 Å². The normalized spacial score (nSPS) is 34.6. The molecule has 2 aliphatic heterocycles. The summed E-state index contributed by atoms with van der Waals surface area (Å²) in [5, 5.41) is 3.25. The molecule has 0 saturated carbocycles. The molecule has 2 heterocycles. The first-order chi connectivity index (χ1) is 7.44. The predicted octanol–water partition coefficient (Wildman–Crippen LogP) is 1.10. The zero-order valence-corrected chi connectivity index (χ0v) is 10.3. The Morgan fingerprint density at radius 1 is 1.50 bits per heavy atom. The van der Waals surface area contributed by atoms with Crippen LogP contribution >= 0.6 is 0 Å². The highest BCUT2D eigenvalue weighted by Crippen LogP contribution is 2.36. The highest BCUT2D eigenvalue weighted by molar-refractivity contribution is 5.81. The van der Waals surface area contributed by atoms with E-state index in [4.69, 9.17) is 9.47 Å². The molecule has 0 aromatic rings. The van der Waals surface area contributed by atoms with E-state index < -0.39 is 11.2 Å². The molecule has 92 valence electrons. The van der Waals surface area contributed by atoms with Crippen molar-refractivity contribution < 1.29 is 14.3 Å². The molecule has 2 fully saturated rings. The van der Waals surface area contributed by atoms with Crippen LogP contribution in [0.1, 0.15) is 33.6 Å². The molecule has 2 saturated heterocycles. The SMILES string of the molecule is CC(C)(C)OC(=O)[C@]12CNC[C@H]1CCCO2. The third kappa shape index (κ3) is 2.09. The van der Waals surface area contributed by atoms with Crippen LogP contribution in [-0.4, -0.2) is 36.9 Å². The van der Waals surface area contributed by atoms with Crippen LogP contribution in [0.25, 0.3) is 0 Å². The molecule has 4 heteroatoms. The van der Waals surface area contributed by atoms with Gasteiger partial charge in [-0.3, -0.25) is 0 Å². The number of rotatable bonds is 1. The molecule has 0 unspecified atom stereocenters. The lowest BCUT2D eigenvalue weighted by Crippen LogP contribution is -2.53. The van der Waals surface area contributed by atoms with Gasteiger partial charge in [0.05, 0.1) is 0 Å². The Morgan fingerprint density at radius 3 is 2.94 bits per heavy atom. The van der Waals surface area contributed by atoms with Crippen LogP contribution in [0.5, 0.6) is 0 Å². The first-order valence-corrected chi connectivity index (χ1v) is 6.02. The van der Waals surface area contributed by atoms with Gasteiger partial charge in [-0.25, -0.2) is 4.79 Å². The Hall–Kier alpha value is -0.610. The zero-order valence-electron chi connectivity index (χ0n) is 10.3. The van der Waals surface area contributed by atoms with Gasteiger partial charge in [0.25, 0.3) is 0 Å². The Balaban J connectivity index is 2.13. The second-order valence-electron chi connectivity index (χ2n) is 5.71. The first-order valence-electron chi connectivity index (χ1n) is 6.02. The van der Waals surface area contributed by atoms with Crippen LogP contribution in [0.4, 0.5) is 0 Å². The quantitative estimate of drug-likeness (QED) is 0.681. The topological polar surface area (TPSA) is 47.6 Å². The number of ether oxygens (including phenoxy) is 2.